The summed E-state index contributed by atoms with van der Waals surface area (Å²) in [5, 5.41) is 13.9. The second kappa shape index (κ2) is 15.8. The smallest absolute Gasteiger partial charge is 0.164 e. The van der Waals surface area contributed by atoms with Crippen LogP contribution in [-0.2, 0) is 24.9 Å². The molecule has 50 heavy (non-hydrogen) atoms. The first-order chi connectivity index (χ1) is 23.9. The minimum atomic E-state index is 0. The molecule has 4 aromatic carbocycles. The molecule has 5 nitrogen and oxygen atoms in total. The molecular weight excluding hydrogens is 795 g/mol. The Morgan fingerprint density at radius 1 is 0.780 bits per heavy atom. The van der Waals surface area contributed by atoms with Crippen molar-refractivity contribution in [2.24, 2.45) is 11.8 Å². The van der Waals surface area contributed by atoms with E-state index >= 15 is 0 Å². The zero-order valence-corrected chi connectivity index (χ0v) is 31.7. The number of Topliss-reactive ketones (excluding diaryl/α,β-unsaturated/α-hetero) is 1. The van der Waals surface area contributed by atoms with Crippen LogP contribution in [0.5, 0.6) is 0 Å². The molecule has 0 aliphatic heterocycles. The van der Waals surface area contributed by atoms with Crippen molar-refractivity contribution >= 4 is 38.5 Å². The number of aliphatic hydroxyl groups is 1. The number of rotatable bonds is 5. The Bertz CT molecular complexity index is 2140. The fourth-order valence-corrected chi connectivity index (χ4v) is 8.06. The number of carbonyl (C=O) groups excluding carboxylic acids is 1. The SMILES string of the molecule is C/C(C(=O)C1CCCCC1)=C(/O)C1CCCCC1.Cc1[c-]c(-c2ncnc3c4cc5ccccc5cc4n(-c4ccccc4)c23)cc(C)c1.[Ir]. The number of hydrogen-bond donors (Lipinski definition) is 1. The topological polar surface area (TPSA) is 68.0 Å². The van der Waals surface area contributed by atoms with Crippen LogP contribution in [0.2, 0.25) is 0 Å². The standard InChI is InChI=1S/C28H20N3.C16H26O2.Ir/c1-18-12-19(2)14-22(13-18)26-28-27(30-17-29-26)24-15-20-8-6-7-9-21(20)16-25(24)31(28)23-10-4-3-5-11-23;1-12(15(17)13-8-4-2-5-9-13)16(18)14-10-6-3-7-11-14;/h3-13,15-17H,1-2H3;13-14,17H,2-11H2,1H3;/q-1;;/b;15-12-;. The molecule has 0 atom stereocenters. The van der Waals surface area contributed by atoms with E-state index in [0.29, 0.717) is 11.3 Å². The Hall–Kier alpha value is -4.12. The summed E-state index contributed by atoms with van der Waals surface area (Å²) >= 11 is 0. The van der Waals surface area contributed by atoms with Crippen molar-refractivity contribution in [3.8, 4) is 16.9 Å². The predicted molar refractivity (Wildman–Crippen MR) is 201 cm³/mol. The van der Waals surface area contributed by atoms with Crippen molar-refractivity contribution in [1.82, 2.24) is 14.5 Å². The van der Waals surface area contributed by atoms with Gasteiger partial charge in [0.2, 0.25) is 0 Å². The molecule has 259 valence electrons. The first-order valence-electron chi connectivity index (χ1n) is 18.1. The summed E-state index contributed by atoms with van der Waals surface area (Å²) < 4.78 is 2.29. The van der Waals surface area contributed by atoms with Gasteiger partial charge in [0, 0.05) is 54.3 Å². The maximum Gasteiger partial charge on any atom is 0.164 e. The first kappa shape index (κ1) is 35.7. The molecule has 2 fully saturated rings. The number of aryl methyl sites for hydroxylation is 2. The fourth-order valence-electron chi connectivity index (χ4n) is 8.06. The number of aromatic nitrogens is 3. The second-order valence-corrected chi connectivity index (χ2v) is 14.1. The zero-order valence-electron chi connectivity index (χ0n) is 29.3. The number of para-hydroxylation sites is 1. The number of benzene rings is 4. The van der Waals surface area contributed by atoms with Gasteiger partial charge >= 0.3 is 0 Å². The second-order valence-electron chi connectivity index (χ2n) is 14.1. The molecule has 6 heteroatoms. The van der Waals surface area contributed by atoms with Crippen LogP contribution in [0.15, 0.2) is 96.5 Å². The minimum Gasteiger partial charge on any atom is -0.512 e. The maximum absolute atomic E-state index is 12.4. The molecule has 1 radical (unpaired) electrons. The van der Waals surface area contributed by atoms with Gasteiger partial charge in [-0.1, -0.05) is 94.8 Å². The zero-order chi connectivity index (χ0) is 33.9. The molecule has 1 N–H and O–H groups in total. The van der Waals surface area contributed by atoms with E-state index in [1.165, 1.54) is 54.9 Å². The molecule has 0 bridgehead atoms. The minimum absolute atomic E-state index is 0. The van der Waals surface area contributed by atoms with Gasteiger partial charge in [0.05, 0.1) is 16.6 Å². The van der Waals surface area contributed by atoms with E-state index in [1.807, 2.05) is 13.0 Å². The van der Waals surface area contributed by atoms with Crippen LogP contribution in [-0.4, -0.2) is 25.4 Å². The van der Waals surface area contributed by atoms with Crippen molar-refractivity contribution < 1.29 is 30.0 Å². The number of fused-ring (bicyclic) bond motifs is 4. The van der Waals surface area contributed by atoms with Gasteiger partial charge in [0.1, 0.15) is 12.1 Å². The number of aliphatic hydroxyl groups excluding tert-OH is 1. The Kier molecular flexibility index (Phi) is 11.3. The van der Waals surface area contributed by atoms with E-state index < -0.39 is 0 Å². The van der Waals surface area contributed by atoms with Crippen molar-refractivity contribution in [2.75, 3.05) is 0 Å². The van der Waals surface area contributed by atoms with Crippen LogP contribution >= 0.6 is 0 Å². The summed E-state index contributed by atoms with van der Waals surface area (Å²) in [7, 11) is 0. The average molecular weight is 841 g/mol. The molecular formula is C44H46IrN3O2-. The predicted octanol–water partition coefficient (Wildman–Crippen LogP) is 11.4. The quantitative estimate of drug-likeness (QED) is 0.107. The van der Waals surface area contributed by atoms with Gasteiger partial charge in [-0.2, -0.15) is 0 Å². The van der Waals surface area contributed by atoms with Gasteiger partial charge in [-0.25, -0.2) is 4.98 Å². The molecule has 2 aliphatic carbocycles. The Balaban J connectivity index is 0.000000196. The molecule has 8 rings (SSSR count). The third kappa shape index (κ3) is 7.33. The summed E-state index contributed by atoms with van der Waals surface area (Å²) in [5.41, 5.74) is 9.07. The van der Waals surface area contributed by atoms with Crippen LogP contribution in [0, 0.1) is 31.7 Å². The molecule has 2 aromatic heterocycles. The summed E-state index contributed by atoms with van der Waals surface area (Å²) in [6.07, 6.45) is 13.1. The Labute approximate surface area is 309 Å². The van der Waals surface area contributed by atoms with E-state index in [1.54, 1.807) is 6.33 Å². The van der Waals surface area contributed by atoms with Crippen LogP contribution in [0.25, 0.3) is 49.7 Å². The van der Waals surface area contributed by atoms with Crippen LogP contribution in [0.3, 0.4) is 0 Å². The van der Waals surface area contributed by atoms with E-state index in [0.717, 1.165) is 70.1 Å². The summed E-state index contributed by atoms with van der Waals surface area (Å²) in [6.45, 7) is 6.03. The van der Waals surface area contributed by atoms with Crippen LogP contribution < -0.4 is 0 Å². The first-order valence-corrected chi connectivity index (χ1v) is 18.1. The molecule has 0 unspecified atom stereocenters. The third-order valence-electron chi connectivity index (χ3n) is 10.5. The number of hydrogen-bond acceptors (Lipinski definition) is 4. The monoisotopic (exact) mass is 841 g/mol. The van der Waals surface area contributed by atoms with Gasteiger partial charge < -0.3 is 9.67 Å². The van der Waals surface area contributed by atoms with Gasteiger partial charge in [0.15, 0.2) is 5.78 Å². The van der Waals surface area contributed by atoms with Gasteiger partial charge in [-0.15, -0.1) is 34.9 Å². The van der Waals surface area contributed by atoms with Crippen molar-refractivity contribution in [1.29, 1.82) is 0 Å². The number of allylic oxidation sites excluding steroid dienone is 2. The van der Waals surface area contributed by atoms with E-state index in [2.05, 4.69) is 97.3 Å². The van der Waals surface area contributed by atoms with Gasteiger partial charge in [-0.3, -0.25) is 9.78 Å². The molecule has 6 aromatic rings. The van der Waals surface area contributed by atoms with E-state index in [4.69, 9.17) is 9.97 Å². The van der Waals surface area contributed by atoms with E-state index in [9.17, 15) is 9.90 Å². The summed E-state index contributed by atoms with van der Waals surface area (Å²) in [6, 6.07) is 31.2. The van der Waals surface area contributed by atoms with Gasteiger partial charge in [-0.05, 0) is 67.6 Å². The van der Waals surface area contributed by atoms with E-state index in [-0.39, 0.29) is 37.7 Å². The number of carbonyl (C=O) groups is 1. The number of nitrogens with zero attached hydrogens (tertiary/aromatic N) is 3. The molecule has 2 heterocycles. The molecule has 2 saturated carbocycles. The van der Waals surface area contributed by atoms with Gasteiger partial charge in [0.25, 0.3) is 0 Å². The van der Waals surface area contributed by atoms with Crippen molar-refractivity contribution in [3.63, 3.8) is 0 Å². The molecule has 0 spiro atoms. The van der Waals surface area contributed by atoms with Crippen LogP contribution in [0.4, 0.5) is 0 Å². The fraction of sp³-hybridized carbons (Fsp3) is 0.341. The van der Waals surface area contributed by atoms with Crippen molar-refractivity contribution in [3.05, 3.63) is 114 Å². The molecule has 0 amide bonds. The molecule has 0 saturated heterocycles. The largest absolute Gasteiger partial charge is 0.512 e. The summed E-state index contributed by atoms with van der Waals surface area (Å²) in [5.74, 6) is 1.07. The Morgan fingerprint density at radius 2 is 1.40 bits per heavy atom. The average Bonchev–Trinajstić information content (AvgIpc) is 3.47. The van der Waals surface area contributed by atoms with Crippen molar-refractivity contribution in [2.45, 2.75) is 85.0 Å². The van der Waals surface area contributed by atoms with Crippen LogP contribution in [0.1, 0.15) is 82.3 Å². The number of ketones is 1. The Morgan fingerprint density at radius 3 is 2.06 bits per heavy atom. The summed E-state index contributed by atoms with van der Waals surface area (Å²) in [4.78, 5) is 21.9. The third-order valence-corrected chi connectivity index (χ3v) is 10.5. The molecule has 2 aliphatic rings. The maximum atomic E-state index is 12.4. The normalized spacial score (nSPS) is 16.1.